The van der Waals surface area contributed by atoms with Crippen molar-refractivity contribution in [1.82, 2.24) is 10.2 Å². The van der Waals surface area contributed by atoms with Gasteiger partial charge in [0.25, 0.3) is 0 Å². The van der Waals surface area contributed by atoms with Crippen LogP contribution in [0.1, 0.15) is 20.3 Å². The SMILES string of the molecule is CCS(=O)(=O)C1CSCCN1C(C)CNCCCOC. The van der Waals surface area contributed by atoms with E-state index in [0.29, 0.717) is 5.75 Å². The third-order valence-electron chi connectivity index (χ3n) is 3.65. The summed E-state index contributed by atoms with van der Waals surface area (Å²) in [5.41, 5.74) is 0. The normalized spacial score (nSPS) is 22.9. The van der Waals surface area contributed by atoms with Gasteiger partial charge in [0.2, 0.25) is 0 Å². The second kappa shape index (κ2) is 9.25. The Hall–Kier alpha value is 0.180. The van der Waals surface area contributed by atoms with Crippen LogP contribution in [0.5, 0.6) is 0 Å². The lowest BCUT2D eigenvalue weighted by molar-refractivity contribution is 0.185. The fourth-order valence-electron chi connectivity index (χ4n) is 2.37. The average Bonchev–Trinajstić information content (AvgIpc) is 2.47. The van der Waals surface area contributed by atoms with E-state index in [2.05, 4.69) is 17.1 Å². The van der Waals surface area contributed by atoms with E-state index in [-0.39, 0.29) is 17.2 Å². The summed E-state index contributed by atoms with van der Waals surface area (Å²) in [5.74, 6) is 1.94. The monoisotopic (exact) mass is 324 g/mol. The second-order valence-electron chi connectivity index (χ2n) is 5.12. The minimum Gasteiger partial charge on any atom is -0.385 e. The predicted molar refractivity (Wildman–Crippen MR) is 86.1 cm³/mol. The number of nitrogens with zero attached hydrogens (tertiary/aromatic N) is 1. The molecule has 0 aromatic rings. The van der Waals surface area contributed by atoms with Gasteiger partial charge in [-0.15, -0.1) is 0 Å². The first kappa shape index (κ1) is 18.2. The van der Waals surface area contributed by atoms with E-state index in [1.54, 1.807) is 25.8 Å². The summed E-state index contributed by atoms with van der Waals surface area (Å²) in [6, 6.07) is 0.241. The number of sulfone groups is 1. The van der Waals surface area contributed by atoms with Crippen LogP contribution in [0.4, 0.5) is 0 Å². The minimum atomic E-state index is -3.00. The molecule has 1 fully saturated rings. The summed E-state index contributed by atoms with van der Waals surface area (Å²) in [6.45, 7) is 7.19. The van der Waals surface area contributed by atoms with Crippen LogP contribution in [0, 0.1) is 0 Å². The van der Waals surface area contributed by atoms with Crippen molar-refractivity contribution < 1.29 is 13.2 Å². The van der Waals surface area contributed by atoms with Crippen LogP contribution >= 0.6 is 11.8 Å². The zero-order valence-corrected chi connectivity index (χ0v) is 14.4. The Bertz CT molecular complexity index is 363. The summed E-state index contributed by atoms with van der Waals surface area (Å²) in [5, 5.41) is 3.07. The Kier molecular flexibility index (Phi) is 8.43. The molecule has 0 radical (unpaired) electrons. The summed E-state index contributed by atoms with van der Waals surface area (Å²) in [7, 11) is -1.29. The van der Waals surface area contributed by atoms with Gasteiger partial charge in [0.05, 0.1) is 0 Å². The maximum atomic E-state index is 12.2. The van der Waals surface area contributed by atoms with Crippen molar-refractivity contribution in [3.8, 4) is 0 Å². The molecule has 0 spiro atoms. The van der Waals surface area contributed by atoms with Gasteiger partial charge in [-0.25, -0.2) is 8.42 Å². The van der Waals surface area contributed by atoms with E-state index in [4.69, 9.17) is 4.74 Å². The maximum Gasteiger partial charge on any atom is 0.166 e. The van der Waals surface area contributed by atoms with Gasteiger partial charge in [-0.1, -0.05) is 6.92 Å². The smallest absolute Gasteiger partial charge is 0.166 e. The van der Waals surface area contributed by atoms with E-state index in [1.807, 2.05) is 0 Å². The number of nitrogens with one attached hydrogen (secondary N) is 1. The molecule has 120 valence electrons. The molecule has 0 aromatic carbocycles. The lowest BCUT2D eigenvalue weighted by Gasteiger charge is -2.39. The highest BCUT2D eigenvalue weighted by Crippen LogP contribution is 2.23. The highest BCUT2D eigenvalue weighted by molar-refractivity contribution is 8.01. The van der Waals surface area contributed by atoms with E-state index >= 15 is 0 Å². The van der Waals surface area contributed by atoms with Crippen molar-refractivity contribution in [3.63, 3.8) is 0 Å². The molecule has 1 rings (SSSR count). The summed E-state index contributed by atoms with van der Waals surface area (Å²) in [6.07, 6.45) is 0.982. The molecule has 0 aromatic heterocycles. The molecule has 7 heteroatoms. The van der Waals surface area contributed by atoms with Crippen molar-refractivity contribution >= 4 is 21.6 Å². The fourth-order valence-corrected chi connectivity index (χ4v) is 5.50. The zero-order chi connectivity index (χ0) is 15.0. The molecule has 1 N–H and O–H groups in total. The van der Waals surface area contributed by atoms with Crippen molar-refractivity contribution in [2.45, 2.75) is 31.7 Å². The van der Waals surface area contributed by atoms with Crippen molar-refractivity contribution in [1.29, 1.82) is 0 Å². The number of hydrogen-bond acceptors (Lipinski definition) is 6. The molecule has 0 bridgehead atoms. The highest BCUT2D eigenvalue weighted by atomic mass is 32.2. The lowest BCUT2D eigenvalue weighted by atomic mass is 10.2. The fraction of sp³-hybridized carbons (Fsp3) is 1.00. The Morgan fingerprint density at radius 2 is 2.25 bits per heavy atom. The van der Waals surface area contributed by atoms with E-state index < -0.39 is 9.84 Å². The van der Waals surface area contributed by atoms with E-state index in [9.17, 15) is 8.42 Å². The Morgan fingerprint density at radius 3 is 2.90 bits per heavy atom. The van der Waals surface area contributed by atoms with Gasteiger partial charge in [-0.2, -0.15) is 11.8 Å². The van der Waals surface area contributed by atoms with Crippen LogP contribution in [-0.4, -0.2) is 75.3 Å². The molecule has 20 heavy (non-hydrogen) atoms. The molecule has 1 aliphatic rings. The third-order valence-corrected chi connectivity index (χ3v) is 6.95. The van der Waals surface area contributed by atoms with Gasteiger partial charge >= 0.3 is 0 Å². The van der Waals surface area contributed by atoms with Gasteiger partial charge in [-0.05, 0) is 19.9 Å². The van der Waals surface area contributed by atoms with Crippen molar-refractivity contribution in [2.75, 3.05) is 50.6 Å². The Morgan fingerprint density at radius 1 is 1.50 bits per heavy atom. The molecular formula is C13H28N2O3S2. The zero-order valence-electron chi connectivity index (χ0n) is 12.8. The van der Waals surface area contributed by atoms with Gasteiger partial charge in [0, 0.05) is 50.1 Å². The quantitative estimate of drug-likeness (QED) is 0.634. The third kappa shape index (κ3) is 5.52. The van der Waals surface area contributed by atoms with Crippen LogP contribution < -0.4 is 5.32 Å². The van der Waals surface area contributed by atoms with Gasteiger partial charge < -0.3 is 10.1 Å². The standard InChI is InChI=1S/C13H28N2O3S2/c1-4-20(16,17)13-11-19-9-7-15(13)12(2)10-14-6-5-8-18-3/h12-14H,4-11H2,1-3H3. The second-order valence-corrected chi connectivity index (χ2v) is 8.72. The number of hydrogen-bond donors (Lipinski definition) is 1. The first-order valence-corrected chi connectivity index (χ1v) is 10.1. The van der Waals surface area contributed by atoms with Gasteiger partial charge in [-0.3, -0.25) is 4.90 Å². The molecule has 1 saturated heterocycles. The lowest BCUT2D eigenvalue weighted by Crippen LogP contribution is -2.54. The molecule has 1 aliphatic heterocycles. The van der Waals surface area contributed by atoms with Crippen LogP contribution in [-0.2, 0) is 14.6 Å². The molecule has 2 unspecified atom stereocenters. The number of methoxy groups -OCH3 is 1. The first-order valence-electron chi connectivity index (χ1n) is 7.27. The number of thioether (sulfide) groups is 1. The average molecular weight is 325 g/mol. The van der Waals surface area contributed by atoms with Crippen LogP contribution in [0.2, 0.25) is 0 Å². The van der Waals surface area contributed by atoms with E-state index in [1.165, 1.54) is 0 Å². The molecule has 0 aliphatic carbocycles. The van der Waals surface area contributed by atoms with E-state index in [0.717, 1.165) is 38.4 Å². The maximum absolute atomic E-state index is 12.2. The molecule has 1 heterocycles. The topological polar surface area (TPSA) is 58.6 Å². The molecule has 0 amide bonds. The molecule has 0 saturated carbocycles. The van der Waals surface area contributed by atoms with Crippen LogP contribution in [0.15, 0.2) is 0 Å². The van der Waals surface area contributed by atoms with Crippen LogP contribution in [0.3, 0.4) is 0 Å². The largest absolute Gasteiger partial charge is 0.385 e. The Balaban J connectivity index is 2.48. The van der Waals surface area contributed by atoms with Crippen molar-refractivity contribution in [2.24, 2.45) is 0 Å². The predicted octanol–water partition coefficient (Wildman–Crippen LogP) is 0.811. The molecule has 5 nitrogen and oxygen atoms in total. The summed E-state index contributed by atoms with van der Waals surface area (Å²) < 4.78 is 29.4. The summed E-state index contributed by atoms with van der Waals surface area (Å²) in [4.78, 5) is 2.15. The number of ether oxygens (including phenoxy) is 1. The highest BCUT2D eigenvalue weighted by Gasteiger charge is 2.35. The minimum absolute atomic E-state index is 0.225. The Labute approximate surface area is 127 Å². The molecular weight excluding hydrogens is 296 g/mol. The number of rotatable bonds is 9. The molecule has 2 atom stereocenters. The van der Waals surface area contributed by atoms with Gasteiger partial charge in [0.1, 0.15) is 5.37 Å². The summed E-state index contributed by atoms with van der Waals surface area (Å²) >= 11 is 1.74. The van der Waals surface area contributed by atoms with Crippen molar-refractivity contribution in [3.05, 3.63) is 0 Å². The van der Waals surface area contributed by atoms with Crippen LogP contribution in [0.25, 0.3) is 0 Å². The first-order chi connectivity index (χ1) is 9.53. The van der Waals surface area contributed by atoms with Gasteiger partial charge in [0.15, 0.2) is 9.84 Å².